The second-order valence-corrected chi connectivity index (χ2v) is 7.80. The number of aromatic nitrogens is 3. The second-order valence-electron chi connectivity index (χ2n) is 7.80. The molecule has 1 unspecified atom stereocenters. The lowest BCUT2D eigenvalue weighted by Crippen LogP contribution is -2.10. The van der Waals surface area contributed by atoms with Gasteiger partial charge in [0.1, 0.15) is 11.6 Å². The van der Waals surface area contributed by atoms with Gasteiger partial charge in [-0.1, -0.05) is 23.4 Å². The Kier molecular flexibility index (Phi) is 9.31. The van der Waals surface area contributed by atoms with Crippen LogP contribution in [0.2, 0.25) is 0 Å². The van der Waals surface area contributed by atoms with Crippen LogP contribution < -0.4 is 5.32 Å². The number of carboxylic acid groups (broad SMARTS) is 1. The van der Waals surface area contributed by atoms with Gasteiger partial charge in [-0.3, -0.25) is 4.79 Å². The number of halogens is 1. The number of benzene rings is 1. The number of carboxylic acids is 1. The number of anilines is 1. The first kappa shape index (κ1) is 24.3. The zero-order chi connectivity index (χ0) is 23.5. The minimum atomic E-state index is -0.966. The lowest BCUT2D eigenvalue weighted by Gasteiger charge is -2.13. The lowest BCUT2D eigenvalue weighted by atomic mass is 9.92. The highest BCUT2D eigenvalue weighted by Gasteiger charge is 2.20. The molecule has 0 fully saturated rings. The number of methoxy groups -OCH3 is 1. The first-order valence-corrected chi connectivity index (χ1v) is 11.0. The molecule has 2 aromatic heterocycles. The molecule has 9 heteroatoms. The summed E-state index contributed by atoms with van der Waals surface area (Å²) in [6.45, 7) is 1.51. The third-order valence-electron chi connectivity index (χ3n) is 5.14. The van der Waals surface area contributed by atoms with Crippen molar-refractivity contribution in [3.8, 4) is 0 Å². The molecule has 3 rings (SSSR count). The van der Waals surface area contributed by atoms with E-state index in [1.807, 2.05) is 18.2 Å². The molecule has 0 saturated heterocycles. The topological polar surface area (TPSA) is 110 Å². The van der Waals surface area contributed by atoms with E-state index in [1.165, 1.54) is 12.1 Å². The van der Waals surface area contributed by atoms with Crippen LogP contribution in [0.4, 0.5) is 10.2 Å². The van der Waals surface area contributed by atoms with Crippen molar-refractivity contribution in [1.29, 1.82) is 0 Å². The fourth-order valence-electron chi connectivity index (χ4n) is 3.54. The standard InChI is InChI=1S/C24H29FN4O4/c1-32-13-5-12-26-21-10-3-8-20(27-21)9-4-11-22-28-23(33-29-22)15-18(16-24(30)31)17-6-2-7-19(25)14-17/h2-3,6-8,10,14,18H,4-5,9,11-13,15-16H2,1H3,(H,26,27)(H,30,31). The van der Waals surface area contributed by atoms with Gasteiger partial charge >= 0.3 is 5.97 Å². The average Bonchev–Trinajstić information content (AvgIpc) is 3.23. The second kappa shape index (κ2) is 12.6. The van der Waals surface area contributed by atoms with Crippen LogP contribution in [0.15, 0.2) is 47.0 Å². The van der Waals surface area contributed by atoms with E-state index >= 15 is 0 Å². The number of hydrogen-bond acceptors (Lipinski definition) is 7. The summed E-state index contributed by atoms with van der Waals surface area (Å²) in [5.74, 6) is -0.0703. The van der Waals surface area contributed by atoms with Crippen molar-refractivity contribution in [3.63, 3.8) is 0 Å². The Labute approximate surface area is 192 Å². The van der Waals surface area contributed by atoms with E-state index in [0.29, 0.717) is 30.3 Å². The van der Waals surface area contributed by atoms with E-state index in [9.17, 15) is 14.3 Å². The molecular weight excluding hydrogens is 427 g/mol. The predicted molar refractivity (Wildman–Crippen MR) is 121 cm³/mol. The normalized spacial score (nSPS) is 11.9. The van der Waals surface area contributed by atoms with Gasteiger partial charge in [-0.25, -0.2) is 9.37 Å². The van der Waals surface area contributed by atoms with Crippen LogP contribution >= 0.6 is 0 Å². The predicted octanol–water partition coefficient (Wildman–Crippen LogP) is 4.03. The monoisotopic (exact) mass is 456 g/mol. The zero-order valence-corrected chi connectivity index (χ0v) is 18.7. The molecule has 0 aliphatic heterocycles. The molecular formula is C24H29FN4O4. The Morgan fingerprint density at radius 3 is 2.82 bits per heavy atom. The molecule has 0 aliphatic rings. The molecule has 176 valence electrons. The minimum absolute atomic E-state index is 0.150. The van der Waals surface area contributed by atoms with Crippen molar-refractivity contribution in [2.75, 3.05) is 25.6 Å². The third-order valence-corrected chi connectivity index (χ3v) is 5.14. The van der Waals surface area contributed by atoms with Crippen LogP contribution in [0, 0.1) is 5.82 Å². The highest BCUT2D eigenvalue weighted by atomic mass is 19.1. The number of carbonyl (C=O) groups is 1. The molecule has 2 N–H and O–H groups in total. The number of pyridine rings is 1. The van der Waals surface area contributed by atoms with E-state index in [0.717, 1.165) is 37.3 Å². The molecule has 1 aromatic carbocycles. The van der Waals surface area contributed by atoms with Crippen LogP contribution in [-0.4, -0.2) is 46.5 Å². The van der Waals surface area contributed by atoms with E-state index < -0.39 is 17.7 Å². The van der Waals surface area contributed by atoms with Crippen molar-refractivity contribution >= 4 is 11.8 Å². The molecule has 0 bridgehead atoms. The Bertz CT molecular complexity index is 1030. The van der Waals surface area contributed by atoms with Gasteiger partial charge in [-0.15, -0.1) is 0 Å². The molecule has 0 radical (unpaired) electrons. The maximum Gasteiger partial charge on any atom is 0.303 e. The van der Waals surface area contributed by atoms with Gasteiger partial charge in [0.15, 0.2) is 5.82 Å². The highest BCUT2D eigenvalue weighted by Crippen LogP contribution is 2.25. The van der Waals surface area contributed by atoms with Gasteiger partial charge in [-0.2, -0.15) is 4.98 Å². The summed E-state index contributed by atoms with van der Waals surface area (Å²) in [7, 11) is 1.68. The van der Waals surface area contributed by atoms with Crippen LogP contribution in [-0.2, 0) is 28.8 Å². The number of ether oxygens (including phenoxy) is 1. The molecule has 0 aliphatic carbocycles. The number of nitrogens with one attached hydrogen (secondary N) is 1. The number of hydrogen-bond donors (Lipinski definition) is 2. The highest BCUT2D eigenvalue weighted by molar-refractivity contribution is 5.68. The Hall–Kier alpha value is -3.33. The number of aryl methyl sites for hydroxylation is 2. The molecule has 8 nitrogen and oxygen atoms in total. The van der Waals surface area contributed by atoms with Gasteiger partial charge in [0.25, 0.3) is 0 Å². The first-order valence-electron chi connectivity index (χ1n) is 11.0. The van der Waals surface area contributed by atoms with E-state index in [4.69, 9.17) is 9.26 Å². The smallest absolute Gasteiger partial charge is 0.303 e. The fraction of sp³-hybridized carbons (Fsp3) is 0.417. The Morgan fingerprint density at radius 1 is 1.18 bits per heavy atom. The SMILES string of the molecule is COCCCNc1cccc(CCCc2noc(CC(CC(=O)O)c3cccc(F)c3)n2)n1. The summed E-state index contributed by atoms with van der Waals surface area (Å²) in [5, 5.41) is 16.5. The van der Waals surface area contributed by atoms with E-state index in [2.05, 4.69) is 20.4 Å². The zero-order valence-electron chi connectivity index (χ0n) is 18.7. The minimum Gasteiger partial charge on any atom is -0.481 e. The summed E-state index contributed by atoms with van der Waals surface area (Å²) in [4.78, 5) is 20.3. The van der Waals surface area contributed by atoms with Gasteiger partial charge < -0.3 is 19.7 Å². The quantitative estimate of drug-likeness (QED) is 0.350. The van der Waals surface area contributed by atoms with Gasteiger partial charge in [0.2, 0.25) is 5.89 Å². The molecule has 33 heavy (non-hydrogen) atoms. The summed E-state index contributed by atoms with van der Waals surface area (Å²) in [6, 6.07) is 11.8. The summed E-state index contributed by atoms with van der Waals surface area (Å²) in [5.41, 5.74) is 1.57. The van der Waals surface area contributed by atoms with Gasteiger partial charge in [0.05, 0.1) is 6.42 Å². The van der Waals surface area contributed by atoms with Gasteiger partial charge in [-0.05, 0) is 49.1 Å². The van der Waals surface area contributed by atoms with Crippen LogP contribution in [0.3, 0.4) is 0 Å². The average molecular weight is 457 g/mol. The van der Waals surface area contributed by atoms with Gasteiger partial charge in [0, 0.05) is 44.7 Å². The third kappa shape index (κ3) is 8.27. The summed E-state index contributed by atoms with van der Waals surface area (Å²) in [6.07, 6.45) is 3.17. The molecule has 0 saturated carbocycles. The van der Waals surface area contributed by atoms with Crippen LogP contribution in [0.25, 0.3) is 0 Å². The first-order chi connectivity index (χ1) is 16.0. The number of aliphatic carboxylic acids is 1. The van der Waals surface area contributed by atoms with Crippen molar-refractivity contribution in [2.24, 2.45) is 0 Å². The van der Waals surface area contributed by atoms with E-state index in [1.54, 1.807) is 19.2 Å². The molecule has 2 heterocycles. The van der Waals surface area contributed by atoms with E-state index in [-0.39, 0.29) is 12.8 Å². The Balaban J connectivity index is 1.51. The Morgan fingerprint density at radius 2 is 2.03 bits per heavy atom. The van der Waals surface area contributed by atoms with Crippen molar-refractivity contribution in [2.45, 2.75) is 44.4 Å². The summed E-state index contributed by atoms with van der Waals surface area (Å²) < 4.78 is 24.0. The van der Waals surface area contributed by atoms with Crippen molar-refractivity contribution in [3.05, 3.63) is 71.3 Å². The molecule has 1 atom stereocenters. The maximum absolute atomic E-state index is 13.6. The fourth-order valence-corrected chi connectivity index (χ4v) is 3.54. The largest absolute Gasteiger partial charge is 0.481 e. The number of nitrogens with zero attached hydrogens (tertiary/aromatic N) is 3. The number of rotatable bonds is 14. The maximum atomic E-state index is 13.6. The van der Waals surface area contributed by atoms with Crippen LogP contribution in [0.5, 0.6) is 0 Å². The lowest BCUT2D eigenvalue weighted by molar-refractivity contribution is -0.137. The molecule has 0 amide bonds. The van der Waals surface area contributed by atoms with Crippen molar-refractivity contribution in [1.82, 2.24) is 15.1 Å². The summed E-state index contributed by atoms with van der Waals surface area (Å²) >= 11 is 0. The molecule has 0 spiro atoms. The van der Waals surface area contributed by atoms with Crippen LogP contribution in [0.1, 0.15) is 48.2 Å². The molecule has 3 aromatic rings. The van der Waals surface area contributed by atoms with Crippen molar-refractivity contribution < 1.29 is 23.6 Å².